The van der Waals surface area contributed by atoms with E-state index in [-0.39, 0.29) is 6.03 Å². The summed E-state index contributed by atoms with van der Waals surface area (Å²) in [6.45, 7) is 3.59. The van der Waals surface area contributed by atoms with E-state index < -0.39 is 0 Å². The van der Waals surface area contributed by atoms with Crippen LogP contribution in [-0.4, -0.2) is 58.4 Å². The van der Waals surface area contributed by atoms with Crippen LogP contribution in [0.2, 0.25) is 0 Å². The summed E-state index contributed by atoms with van der Waals surface area (Å²) in [5, 5.41) is 5.28. The number of likely N-dealkylation sites (tertiary alicyclic amines) is 1. The van der Waals surface area contributed by atoms with Gasteiger partial charge in [-0.3, -0.25) is 4.90 Å². The Kier molecular flexibility index (Phi) is 6.99. The number of amides is 2. The zero-order valence-electron chi connectivity index (χ0n) is 14.7. The van der Waals surface area contributed by atoms with Crippen LogP contribution in [0.4, 0.5) is 10.5 Å². The standard InChI is InChI=1S/C17H27N3O4/c1-18-17(21)19-15-13(22-2)7-8-14(23-3)16(15)24-12-11-20-9-5-4-6-10-20/h7-8H,4-6,9-12H2,1-3H3,(H2,18,19,21). The predicted molar refractivity (Wildman–Crippen MR) is 93.4 cm³/mol. The van der Waals surface area contributed by atoms with E-state index in [1.165, 1.54) is 19.3 Å². The van der Waals surface area contributed by atoms with Crippen molar-refractivity contribution in [2.45, 2.75) is 19.3 Å². The Morgan fingerprint density at radius 3 is 2.42 bits per heavy atom. The van der Waals surface area contributed by atoms with Gasteiger partial charge in [-0.1, -0.05) is 6.42 Å². The number of benzene rings is 1. The maximum absolute atomic E-state index is 11.7. The fourth-order valence-corrected chi connectivity index (χ4v) is 2.77. The highest BCUT2D eigenvalue weighted by Gasteiger charge is 2.19. The second-order valence-electron chi connectivity index (χ2n) is 5.63. The van der Waals surface area contributed by atoms with Gasteiger partial charge in [-0.25, -0.2) is 4.79 Å². The number of hydrogen-bond acceptors (Lipinski definition) is 5. The van der Waals surface area contributed by atoms with Crippen LogP contribution in [0.1, 0.15) is 19.3 Å². The van der Waals surface area contributed by atoms with Gasteiger partial charge in [0.25, 0.3) is 0 Å². The molecule has 1 heterocycles. The highest BCUT2D eigenvalue weighted by molar-refractivity contribution is 5.93. The van der Waals surface area contributed by atoms with Crippen LogP contribution in [0.15, 0.2) is 12.1 Å². The van der Waals surface area contributed by atoms with Crippen LogP contribution in [-0.2, 0) is 0 Å². The largest absolute Gasteiger partial charge is 0.494 e. The van der Waals surface area contributed by atoms with Gasteiger partial charge < -0.3 is 24.8 Å². The van der Waals surface area contributed by atoms with Crippen LogP contribution in [0.3, 0.4) is 0 Å². The third kappa shape index (κ3) is 4.67. The molecule has 0 bridgehead atoms. The predicted octanol–water partition coefficient (Wildman–Crippen LogP) is 2.32. The lowest BCUT2D eigenvalue weighted by Crippen LogP contribution is -2.33. The van der Waals surface area contributed by atoms with Crippen LogP contribution >= 0.6 is 0 Å². The Labute approximate surface area is 143 Å². The Hall–Kier alpha value is -2.15. The van der Waals surface area contributed by atoms with Crippen LogP contribution in [0, 0.1) is 0 Å². The molecule has 1 aliphatic heterocycles. The first-order valence-corrected chi connectivity index (χ1v) is 8.28. The minimum Gasteiger partial charge on any atom is -0.494 e. The average Bonchev–Trinajstić information content (AvgIpc) is 2.63. The molecule has 1 aliphatic rings. The molecule has 1 aromatic carbocycles. The fraction of sp³-hybridized carbons (Fsp3) is 0.588. The monoisotopic (exact) mass is 337 g/mol. The second-order valence-corrected chi connectivity index (χ2v) is 5.63. The van der Waals surface area contributed by atoms with E-state index in [4.69, 9.17) is 14.2 Å². The number of methoxy groups -OCH3 is 2. The highest BCUT2D eigenvalue weighted by Crippen LogP contribution is 2.42. The van der Waals surface area contributed by atoms with Crippen molar-refractivity contribution >= 4 is 11.7 Å². The lowest BCUT2D eigenvalue weighted by atomic mass is 10.1. The van der Waals surface area contributed by atoms with Crippen molar-refractivity contribution < 1.29 is 19.0 Å². The molecule has 0 spiro atoms. The van der Waals surface area contributed by atoms with Gasteiger partial charge in [0, 0.05) is 13.6 Å². The van der Waals surface area contributed by atoms with E-state index in [1.807, 2.05) is 0 Å². The maximum atomic E-state index is 11.7. The smallest absolute Gasteiger partial charge is 0.319 e. The van der Waals surface area contributed by atoms with Crippen LogP contribution in [0.25, 0.3) is 0 Å². The molecule has 0 aromatic heterocycles. The summed E-state index contributed by atoms with van der Waals surface area (Å²) in [6, 6.07) is 3.16. The van der Waals surface area contributed by atoms with Gasteiger partial charge in [-0.15, -0.1) is 0 Å². The Balaban J connectivity index is 2.13. The summed E-state index contributed by atoms with van der Waals surface area (Å²) < 4.78 is 16.7. The molecular weight excluding hydrogens is 310 g/mol. The van der Waals surface area contributed by atoms with Crippen molar-refractivity contribution in [3.8, 4) is 17.2 Å². The number of carbonyl (C=O) groups excluding carboxylic acids is 1. The number of hydrogen-bond donors (Lipinski definition) is 2. The first-order valence-electron chi connectivity index (χ1n) is 8.28. The first-order chi connectivity index (χ1) is 11.7. The molecule has 7 heteroatoms. The number of urea groups is 1. The second kappa shape index (κ2) is 9.22. The van der Waals surface area contributed by atoms with Crippen molar-refractivity contribution in [1.29, 1.82) is 0 Å². The Bertz CT molecular complexity index is 545. The summed E-state index contributed by atoms with van der Waals surface area (Å²) >= 11 is 0. The molecule has 0 unspecified atom stereocenters. The van der Waals surface area contributed by atoms with Gasteiger partial charge in [0.2, 0.25) is 0 Å². The summed E-state index contributed by atoms with van der Waals surface area (Å²) in [5.74, 6) is 1.56. The summed E-state index contributed by atoms with van der Waals surface area (Å²) in [5.41, 5.74) is 0.467. The van der Waals surface area contributed by atoms with E-state index in [0.29, 0.717) is 29.5 Å². The van der Waals surface area contributed by atoms with Crippen molar-refractivity contribution in [3.05, 3.63) is 12.1 Å². The molecule has 0 radical (unpaired) electrons. The molecule has 1 aromatic rings. The van der Waals surface area contributed by atoms with Crippen LogP contribution < -0.4 is 24.8 Å². The zero-order valence-corrected chi connectivity index (χ0v) is 14.7. The number of nitrogens with one attached hydrogen (secondary N) is 2. The Morgan fingerprint density at radius 2 is 1.79 bits per heavy atom. The maximum Gasteiger partial charge on any atom is 0.319 e. The molecule has 24 heavy (non-hydrogen) atoms. The van der Waals surface area contributed by atoms with Gasteiger partial charge >= 0.3 is 6.03 Å². The topological polar surface area (TPSA) is 72.1 Å². The third-order valence-corrected chi connectivity index (χ3v) is 4.09. The van der Waals surface area contributed by atoms with Gasteiger partial charge in [0.1, 0.15) is 18.0 Å². The SMILES string of the molecule is CNC(=O)Nc1c(OC)ccc(OC)c1OCCN1CCCCC1. The van der Waals surface area contributed by atoms with Gasteiger partial charge in [0.05, 0.1) is 14.2 Å². The molecule has 7 nitrogen and oxygen atoms in total. The van der Waals surface area contributed by atoms with Crippen molar-refractivity contribution in [2.75, 3.05) is 52.8 Å². The van der Waals surface area contributed by atoms with Gasteiger partial charge in [-0.05, 0) is 38.1 Å². The van der Waals surface area contributed by atoms with E-state index >= 15 is 0 Å². The molecule has 1 saturated heterocycles. The normalized spacial score (nSPS) is 14.8. The summed E-state index contributed by atoms with van der Waals surface area (Å²) in [4.78, 5) is 14.1. The first kappa shape index (κ1) is 18.2. The van der Waals surface area contributed by atoms with E-state index in [2.05, 4.69) is 15.5 Å². The molecular formula is C17H27N3O4. The Morgan fingerprint density at radius 1 is 1.12 bits per heavy atom. The molecule has 0 aliphatic carbocycles. The number of carbonyl (C=O) groups is 1. The molecule has 1 fully saturated rings. The molecule has 134 valence electrons. The van der Waals surface area contributed by atoms with Gasteiger partial charge in [0.15, 0.2) is 11.5 Å². The molecule has 0 atom stereocenters. The lowest BCUT2D eigenvalue weighted by molar-refractivity contribution is 0.181. The number of anilines is 1. The number of piperidine rings is 1. The van der Waals surface area contributed by atoms with E-state index in [9.17, 15) is 4.79 Å². The number of nitrogens with zero attached hydrogens (tertiary/aromatic N) is 1. The van der Waals surface area contributed by atoms with Crippen molar-refractivity contribution in [2.24, 2.45) is 0 Å². The fourth-order valence-electron chi connectivity index (χ4n) is 2.77. The number of rotatable bonds is 7. The van der Waals surface area contributed by atoms with E-state index in [1.54, 1.807) is 33.4 Å². The molecule has 2 N–H and O–H groups in total. The summed E-state index contributed by atoms with van der Waals surface area (Å²) in [6.07, 6.45) is 3.79. The molecule has 2 amide bonds. The minimum absolute atomic E-state index is 0.345. The molecule has 0 saturated carbocycles. The van der Waals surface area contributed by atoms with Crippen molar-refractivity contribution in [3.63, 3.8) is 0 Å². The quantitative estimate of drug-likeness (QED) is 0.799. The zero-order chi connectivity index (χ0) is 17.4. The third-order valence-electron chi connectivity index (χ3n) is 4.09. The minimum atomic E-state index is -0.345. The van der Waals surface area contributed by atoms with Crippen molar-refractivity contribution in [1.82, 2.24) is 10.2 Å². The lowest BCUT2D eigenvalue weighted by Gasteiger charge is -2.26. The molecule has 2 rings (SSSR count). The highest BCUT2D eigenvalue weighted by atomic mass is 16.5. The average molecular weight is 337 g/mol. The summed E-state index contributed by atoms with van der Waals surface area (Å²) in [7, 11) is 4.68. The van der Waals surface area contributed by atoms with E-state index in [0.717, 1.165) is 19.6 Å². The van der Waals surface area contributed by atoms with Gasteiger partial charge in [-0.2, -0.15) is 0 Å². The van der Waals surface area contributed by atoms with Crippen LogP contribution in [0.5, 0.6) is 17.2 Å². The number of ether oxygens (including phenoxy) is 3.